The third kappa shape index (κ3) is 4.99. The van der Waals surface area contributed by atoms with Crippen molar-refractivity contribution in [2.45, 2.75) is 27.0 Å². The summed E-state index contributed by atoms with van der Waals surface area (Å²) >= 11 is 0. The van der Waals surface area contributed by atoms with E-state index in [1.54, 1.807) is 7.11 Å². The Morgan fingerprint density at radius 2 is 2.06 bits per heavy atom. The molecule has 17 heavy (non-hydrogen) atoms. The molecular formula is C14H20N2O. The van der Waals surface area contributed by atoms with Crippen LogP contribution in [-0.4, -0.2) is 13.7 Å². The zero-order valence-electron chi connectivity index (χ0n) is 10.8. The van der Waals surface area contributed by atoms with Crippen LogP contribution in [0.4, 0.5) is 0 Å². The van der Waals surface area contributed by atoms with Crippen LogP contribution in [0.25, 0.3) is 0 Å². The highest BCUT2D eigenvalue weighted by atomic mass is 16.5. The number of hydrogen-bond donors (Lipinski definition) is 1. The van der Waals surface area contributed by atoms with Crippen LogP contribution in [0.5, 0.6) is 0 Å². The lowest BCUT2D eigenvalue weighted by Gasteiger charge is -2.16. The predicted octanol–water partition coefficient (Wildman–Crippen LogP) is 2.47. The average Bonchev–Trinajstić information content (AvgIpc) is 2.30. The molecular weight excluding hydrogens is 212 g/mol. The van der Waals surface area contributed by atoms with Gasteiger partial charge in [0.25, 0.3) is 0 Å². The lowest BCUT2D eigenvalue weighted by molar-refractivity contribution is 0.185. The normalized spacial score (nSPS) is 11.2. The van der Waals surface area contributed by atoms with Gasteiger partial charge >= 0.3 is 0 Å². The molecule has 0 fully saturated rings. The summed E-state index contributed by atoms with van der Waals surface area (Å²) in [7, 11) is 1.69. The topological polar surface area (TPSA) is 45.0 Å². The third-order valence-corrected chi connectivity index (χ3v) is 2.50. The first-order valence-electron chi connectivity index (χ1n) is 5.76. The Hall–Kier alpha value is -1.37. The Kier molecular flexibility index (Phi) is 5.14. The van der Waals surface area contributed by atoms with E-state index in [1.165, 1.54) is 11.1 Å². The van der Waals surface area contributed by atoms with Gasteiger partial charge in [0, 0.05) is 20.2 Å². The molecule has 1 aromatic carbocycles. The smallest absolute Gasteiger partial charge is 0.0713 e. The molecule has 0 aromatic heterocycles. The molecule has 0 saturated carbocycles. The maximum absolute atomic E-state index is 8.90. The van der Waals surface area contributed by atoms with Crippen LogP contribution >= 0.6 is 0 Å². The van der Waals surface area contributed by atoms with Gasteiger partial charge in [-0.15, -0.1) is 0 Å². The molecule has 0 heterocycles. The second-order valence-corrected chi connectivity index (χ2v) is 4.85. The number of benzene rings is 1. The number of nitrogens with zero attached hydrogens (tertiary/aromatic N) is 1. The highest BCUT2D eigenvalue weighted by molar-refractivity contribution is 5.22. The Bertz CT molecular complexity index is 393. The van der Waals surface area contributed by atoms with Gasteiger partial charge in [0.15, 0.2) is 0 Å². The highest BCUT2D eigenvalue weighted by Gasteiger charge is 2.15. The van der Waals surface area contributed by atoms with Crippen molar-refractivity contribution >= 4 is 0 Å². The second-order valence-electron chi connectivity index (χ2n) is 4.85. The lowest BCUT2D eigenvalue weighted by atomic mass is 9.96. The zero-order chi connectivity index (χ0) is 12.7. The molecule has 0 spiro atoms. The average molecular weight is 232 g/mol. The van der Waals surface area contributed by atoms with Gasteiger partial charge < -0.3 is 10.1 Å². The molecule has 0 aliphatic rings. The Labute approximate surface area is 103 Å². The molecule has 92 valence electrons. The van der Waals surface area contributed by atoms with Gasteiger partial charge in [0.2, 0.25) is 0 Å². The van der Waals surface area contributed by atoms with Crippen LogP contribution in [-0.2, 0) is 17.9 Å². The molecule has 0 saturated heterocycles. The van der Waals surface area contributed by atoms with Crippen LogP contribution in [0.2, 0.25) is 0 Å². The quantitative estimate of drug-likeness (QED) is 0.819. The molecule has 0 aliphatic carbocycles. The number of nitriles is 1. The molecule has 0 aliphatic heterocycles. The molecule has 3 heteroatoms. The second kappa shape index (κ2) is 6.39. The maximum Gasteiger partial charge on any atom is 0.0713 e. The van der Waals surface area contributed by atoms with Crippen molar-refractivity contribution in [2.24, 2.45) is 5.41 Å². The maximum atomic E-state index is 8.90. The minimum absolute atomic E-state index is 0.315. The van der Waals surface area contributed by atoms with Crippen LogP contribution in [0.15, 0.2) is 24.3 Å². The minimum Gasteiger partial charge on any atom is -0.380 e. The fourth-order valence-electron chi connectivity index (χ4n) is 1.55. The van der Waals surface area contributed by atoms with Crippen LogP contribution in [0.3, 0.4) is 0 Å². The third-order valence-electron chi connectivity index (χ3n) is 2.50. The number of ether oxygens (including phenoxy) is 1. The van der Waals surface area contributed by atoms with Crippen LogP contribution in [0.1, 0.15) is 25.0 Å². The summed E-state index contributed by atoms with van der Waals surface area (Å²) in [5, 5.41) is 12.2. The largest absolute Gasteiger partial charge is 0.380 e. The molecule has 3 nitrogen and oxygen atoms in total. The molecule has 0 unspecified atom stereocenters. The summed E-state index contributed by atoms with van der Waals surface area (Å²) in [5.74, 6) is 0. The van der Waals surface area contributed by atoms with E-state index in [1.807, 2.05) is 26.0 Å². The van der Waals surface area contributed by atoms with Gasteiger partial charge in [-0.25, -0.2) is 0 Å². The molecule has 0 bridgehead atoms. The van der Waals surface area contributed by atoms with Gasteiger partial charge in [-0.2, -0.15) is 5.26 Å². The van der Waals surface area contributed by atoms with Gasteiger partial charge in [-0.1, -0.05) is 24.3 Å². The summed E-state index contributed by atoms with van der Waals surface area (Å²) < 4.78 is 5.10. The SMILES string of the molecule is COCc1cccc(CNCC(C)(C)C#N)c1. The van der Waals surface area contributed by atoms with Crippen LogP contribution < -0.4 is 5.32 Å². The Morgan fingerprint density at radius 1 is 1.35 bits per heavy atom. The van der Waals surface area contributed by atoms with E-state index in [0.29, 0.717) is 13.2 Å². The van der Waals surface area contributed by atoms with Gasteiger partial charge in [-0.3, -0.25) is 0 Å². The van der Waals surface area contributed by atoms with E-state index in [-0.39, 0.29) is 5.41 Å². The number of rotatable bonds is 6. The molecule has 1 aromatic rings. The van der Waals surface area contributed by atoms with E-state index in [2.05, 4.69) is 23.5 Å². The number of nitrogens with one attached hydrogen (secondary N) is 1. The molecule has 1 rings (SSSR count). The molecule has 0 amide bonds. The predicted molar refractivity (Wildman–Crippen MR) is 68.3 cm³/mol. The van der Waals surface area contributed by atoms with Gasteiger partial charge in [0.05, 0.1) is 18.1 Å². The standard InChI is InChI=1S/C14H20N2O/c1-14(2,10-15)11-16-8-12-5-4-6-13(7-12)9-17-3/h4-7,16H,8-9,11H2,1-3H3. The lowest BCUT2D eigenvalue weighted by Crippen LogP contribution is -2.27. The van der Waals surface area contributed by atoms with Crippen molar-refractivity contribution in [2.75, 3.05) is 13.7 Å². The van der Waals surface area contributed by atoms with E-state index in [4.69, 9.17) is 10.00 Å². The van der Waals surface area contributed by atoms with Crippen molar-refractivity contribution in [1.29, 1.82) is 5.26 Å². The first kappa shape index (κ1) is 13.7. The van der Waals surface area contributed by atoms with Gasteiger partial charge in [-0.05, 0) is 25.0 Å². The summed E-state index contributed by atoms with van der Waals surface area (Å²) in [4.78, 5) is 0. The number of hydrogen-bond acceptors (Lipinski definition) is 3. The molecule has 0 atom stereocenters. The first-order valence-corrected chi connectivity index (χ1v) is 5.76. The fourth-order valence-corrected chi connectivity index (χ4v) is 1.55. The van der Waals surface area contributed by atoms with Crippen molar-refractivity contribution in [1.82, 2.24) is 5.32 Å². The zero-order valence-corrected chi connectivity index (χ0v) is 10.8. The summed E-state index contributed by atoms with van der Waals surface area (Å²) in [6, 6.07) is 10.5. The van der Waals surface area contributed by atoms with Crippen molar-refractivity contribution in [3.63, 3.8) is 0 Å². The fraction of sp³-hybridized carbons (Fsp3) is 0.500. The Morgan fingerprint density at radius 3 is 2.71 bits per heavy atom. The van der Waals surface area contributed by atoms with Crippen LogP contribution in [0, 0.1) is 16.7 Å². The molecule has 1 N–H and O–H groups in total. The Balaban J connectivity index is 2.47. The van der Waals surface area contributed by atoms with Crippen molar-refractivity contribution < 1.29 is 4.74 Å². The van der Waals surface area contributed by atoms with E-state index in [0.717, 1.165) is 6.54 Å². The summed E-state index contributed by atoms with van der Waals surface area (Å²) in [5.41, 5.74) is 2.07. The summed E-state index contributed by atoms with van der Waals surface area (Å²) in [6.07, 6.45) is 0. The van der Waals surface area contributed by atoms with Crippen molar-refractivity contribution in [3.8, 4) is 6.07 Å². The molecule has 0 radical (unpaired) electrons. The highest BCUT2D eigenvalue weighted by Crippen LogP contribution is 2.11. The monoisotopic (exact) mass is 232 g/mol. The number of methoxy groups -OCH3 is 1. The first-order chi connectivity index (χ1) is 8.07. The van der Waals surface area contributed by atoms with E-state index >= 15 is 0 Å². The van der Waals surface area contributed by atoms with Gasteiger partial charge in [0.1, 0.15) is 0 Å². The van der Waals surface area contributed by atoms with Crippen molar-refractivity contribution in [3.05, 3.63) is 35.4 Å². The summed E-state index contributed by atoms with van der Waals surface area (Å²) in [6.45, 7) is 5.97. The minimum atomic E-state index is -0.315. The van der Waals surface area contributed by atoms with E-state index < -0.39 is 0 Å². The van der Waals surface area contributed by atoms with E-state index in [9.17, 15) is 0 Å².